The molecular formula is C13H10N4OS. The highest BCUT2D eigenvalue weighted by atomic mass is 32.1. The number of nitrogens with zero attached hydrogens (tertiary/aromatic N) is 2. The maximum Gasteiger partial charge on any atom is 0.279 e. The lowest BCUT2D eigenvalue weighted by Gasteiger charge is -2.08. The Morgan fingerprint density at radius 1 is 1.11 bits per heavy atom. The Morgan fingerprint density at radius 3 is 2.84 bits per heavy atom. The topological polar surface area (TPSA) is 66.9 Å². The van der Waals surface area contributed by atoms with Crippen molar-refractivity contribution >= 4 is 34.0 Å². The predicted molar refractivity (Wildman–Crippen MR) is 74.9 cm³/mol. The molecule has 19 heavy (non-hydrogen) atoms. The zero-order valence-corrected chi connectivity index (χ0v) is 10.6. The van der Waals surface area contributed by atoms with Crippen LogP contribution in [0.4, 0.5) is 5.82 Å². The van der Waals surface area contributed by atoms with E-state index in [4.69, 9.17) is 0 Å². The van der Waals surface area contributed by atoms with Gasteiger partial charge in [-0.3, -0.25) is 15.6 Å². The molecule has 0 fully saturated rings. The van der Waals surface area contributed by atoms with Crippen molar-refractivity contribution in [2.24, 2.45) is 0 Å². The number of aromatic nitrogens is 2. The fourth-order valence-electron chi connectivity index (χ4n) is 1.69. The third-order valence-corrected chi connectivity index (χ3v) is 3.45. The summed E-state index contributed by atoms with van der Waals surface area (Å²) in [7, 11) is 0. The molecule has 1 aromatic carbocycles. The largest absolute Gasteiger partial charge is 0.281 e. The van der Waals surface area contributed by atoms with Gasteiger partial charge in [0.1, 0.15) is 6.33 Å². The Kier molecular flexibility index (Phi) is 3.07. The van der Waals surface area contributed by atoms with Crippen LogP contribution in [0.25, 0.3) is 10.9 Å². The van der Waals surface area contributed by atoms with E-state index in [-0.39, 0.29) is 5.91 Å². The average Bonchev–Trinajstić information content (AvgIpc) is 2.99. The second kappa shape index (κ2) is 5.03. The van der Waals surface area contributed by atoms with Crippen molar-refractivity contribution in [1.82, 2.24) is 15.4 Å². The Balaban J connectivity index is 1.81. The summed E-state index contributed by atoms with van der Waals surface area (Å²) < 4.78 is 0. The van der Waals surface area contributed by atoms with Gasteiger partial charge in [0, 0.05) is 5.39 Å². The van der Waals surface area contributed by atoms with E-state index in [1.165, 1.54) is 17.7 Å². The summed E-state index contributed by atoms with van der Waals surface area (Å²) >= 11 is 1.38. The molecule has 5 nitrogen and oxygen atoms in total. The van der Waals surface area contributed by atoms with Gasteiger partial charge in [-0.2, -0.15) is 0 Å². The maximum absolute atomic E-state index is 11.8. The molecular weight excluding hydrogens is 260 g/mol. The van der Waals surface area contributed by atoms with Crippen LogP contribution in [-0.4, -0.2) is 15.9 Å². The van der Waals surface area contributed by atoms with E-state index in [0.29, 0.717) is 10.7 Å². The first-order valence-corrected chi connectivity index (χ1v) is 6.52. The molecule has 0 radical (unpaired) electrons. The third-order valence-electron chi connectivity index (χ3n) is 2.58. The standard InChI is InChI=1S/C13H10N4OS/c18-13(11-6-3-7-19-11)17-16-12-9-4-1-2-5-10(9)14-8-15-12/h1-8H,(H,17,18)(H,14,15,16). The third kappa shape index (κ3) is 2.38. The van der Waals surface area contributed by atoms with Crippen molar-refractivity contribution < 1.29 is 4.79 Å². The molecule has 0 saturated heterocycles. The lowest BCUT2D eigenvalue weighted by molar-refractivity contribution is 0.0966. The van der Waals surface area contributed by atoms with Crippen LogP contribution in [0.5, 0.6) is 0 Å². The summed E-state index contributed by atoms with van der Waals surface area (Å²) in [5, 5.41) is 2.71. The summed E-state index contributed by atoms with van der Waals surface area (Å²) in [5.74, 6) is 0.396. The van der Waals surface area contributed by atoms with E-state index in [2.05, 4.69) is 20.8 Å². The minimum Gasteiger partial charge on any atom is -0.281 e. The SMILES string of the molecule is O=C(NNc1ncnc2ccccc12)c1cccs1. The molecule has 2 heterocycles. The number of para-hydroxylation sites is 1. The molecule has 94 valence electrons. The highest BCUT2D eigenvalue weighted by molar-refractivity contribution is 7.12. The Hall–Kier alpha value is -2.47. The number of thiophene rings is 1. The van der Waals surface area contributed by atoms with E-state index < -0.39 is 0 Å². The van der Waals surface area contributed by atoms with Gasteiger partial charge in [-0.1, -0.05) is 18.2 Å². The van der Waals surface area contributed by atoms with Gasteiger partial charge in [-0.25, -0.2) is 9.97 Å². The van der Waals surface area contributed by atoms with Crippen molar-refractivity contribution in [1.29, 1.82) is 0 Å². The number of hydrogen-bond acceptors (Lipinski definition) is 5. The Labute approximate surface area is 113 Å². The van der Waals surface area contributed by atoms with Gasteiger partial charge in [0.05, 0.1) is 10.4 Å². The zero-order valence-electron chi connectivity index (χ0n) is 9.83. The van der Waals surface area contributed by atoms with Crippen molar-refractivity contribution in [3.05, 3.63) is 53.0 Å². The van der Waals surface area contributed by atoms with Crippen molar-refractivity contribution in [3.8, 4) is 0 Å². The van der Waals surface area contributed by atoms with Crippen LogP contribution < -0.4 is 10.9 Å². The molecule has 3 rings (SSSR count). The van der Waals surface area contributed by atoms with Crippen LogP contribution in [0, 0.1) is 0 Å². The average molecular weight is 270 g/mol. The number of rotatable bonds is 3. The number of anilines is 1. The van der Waals surface area contributed by atoms with Crippen LogP contribution in [0.15, 0.2) is 48.1 Å². The van der Waals surface area contributed by atoms with Gasteiger partial charge in [0.25, 0.3) is 5.91 Å². The predicted octanol–water partition coefficient (Wildman–Crippen LogP) is 2.45. The van der Waals surface area contributed by atoms with Crippen LogP contribution in [0.2, 0.25) is 0 Å². The van der Waals surface area contributed by atoms with Gasteiger partial charge in [-0.15, -0.1) is 11.3 Å². The second-order valence-corrected chi connectivity index (χ2v) is 4.74. The van der Waals surface area contributed by atoms with E-state index in [9.17, 15) is 4.79 Å². The molecule has 0 saturated carbocycles. The van der Waals surface area contributed by atoms with Crippen LogP contribution in [-0.2, 0) is 0 Å². The van der Waals surface area contributed by atoms with Gasteiger partial charge in [-0.05, 0) is 23.6 Å². The molecule has 0 atom stereocenters. The van der Waals surface area contributed by atoms with Crippen molar-refractivity contribution in [2.75, 3.05) is 5.43 Å². The molecule has 0 aliphatic carbocycles. The summed E-state index contributed by atoms with van der Waals surface area (Å²) in [6, 6.07) is 11.2. The molecule has 0 unspecified atom stereocenters. The van der Waals surface area contributed by atoms with Gasteiger partial charge < -0.3 is 0 Å². The molecule has 2 N–H and O–H groups in total. The molecule has 3 aromatic rings. The zero-order chi connectivity index (χ0) is 13.1. The Bertz CT molecular complexity index is 706. The highest BCUT2D eigenvalue weighted by Gasteiger charge is 2.07. The molecule has 0 aliphatic heterocycles. The van der Waals surface area contributed by atoms with E-state index >= 15 is 0 Å². The van der Waals surface area contributed by atoms with E-state index in [1.807, 2.05) is 35.7 Å². The van der Waals surface area contributed by atoms with Crippen LogP contribution in [0.3, 0.4) is 0 Å². The molecule has 6 heteroatoms. The summed E-state index contributed by atoms with van der Waals surface area (Å²) in [6.45, 7) is 0. The number of carbonyl (C=O) groups is 1. The van der Waals surface area contributed by atoms with E-state index in [1.54, 1.807) is 6.07 Å². The number of fused-ring (bicyclic) bond motifs is 1. The lowest BCUT2D eigenvalue weighted by atomic mass is 10.2. The number of nitrogens with one attached hydrogen (secondary N) is 2. The quantitative estimate of drug-likeness (QED) is 0.717. The van der Waals surface area contributed by atoms with Gasteiger partial charge in [0.15, 0.2) is 5.82 Å². The first-order valence-electron chi connectivity index (χ1n) is 5.64. The number of amides is 1. The molecule has 0 aliphatic rings. The highest BCUT2D eigenvalue weighted by Crippen LogP contribution is 2.17. The maximum atomic E-state index is 11.8. The van der Waals surface area contributed by atoms with Crippen LogP contribution >= 0.6 is 11.3 Å². The molecule has 0 bridgehead atoms. The fraction of sp³-hybridized carbons (Fsp3) is 0. The number of hydrogen-bond donors (Lipinski definition) is 2. The second-order valence-electron chi connectivity index (χ2n) is 3.80. The monoisotopic (exact) mass is 270 g/mol. The van der Waals surface area contributed by atoms with Gasteiger partial charge >= 0.3 is 0 Å². The summed E-state index contributed by atoms with van der Waals surface area (Å²) in [4.78, 5) is 20.7. The lowest BCUT2D eigenvalue weighted by Crippen LogP contribution is -2.29. The number of benzene rings is 1. The van der Waals surface area contributed by atoms with Crippen LogP contribution in [0.1, 0.15) is 9.67 Å². The van der Waals surface area contributed by atoms with Gasteiger partial charge in [0.2, 0.25) is 0 Å². The molecule has 1 amide bonds. The first-order chi connectivity index (χ1) is 9.34. The fourth-order valence-corrected chi connectivity index (χ4v) is 2.31. The minimum atomic E-state index is -0.183. The molecule has 0 spiro atoms. The summed E-state index contributed by atoms with van der Waals surface area (Å²) in [5.41, 5.74) is 6.28. The molecule has 2 aromatic heterocycles. The summed E-state index contributed by atoms with van der Waals surface area (Å²) in [6.07, 6.45) is 1.46. The van der Waals surface area contributed by atoms with Crippen molar-refractivity contribution in [2.45, 2.75) is 0 Å². The van der Waals surface area contributed by atoms with E-state index in [0.717, 1.165) is 10.9 Å². The van der Waals surface area contributed by atoms with Crippen molar-refractivity contribution in [3.63, 3.8) is 0 Å². The Morgan fingerprint density at radius 2 is 2.00 bits per heavy atom. The first kappa shape index (κ1) is 11.6. The number of hydrazine groups is 1. The smallest absolute Gasteiger partial charge is 0.279 e. The normalized spacial score (nSPS) is 10.3. The minimum absolute atomic E-state index is 0.183. The number of carbonyl (C=O) groups excluding carboxylic acids is 1.